The third-order valence-electron chi connectivity index (χ3n) is 1.42. The van der Waals surface area contributed by atoms with Crippen LogP contribution in [0.5, 0.6) is 0 Å². The normalized spacial score (nSPS) is 10.4. The Labute approximate surface area is 79.8 Å². The molecule has 0 aliphatic heterocycles. The number of nitrogen functional groups attached to an aromatic ring is 1. The van der Waals surface area contributed by atoms with Gasteiger partial charge in [0.1, 0.15) is 0 Å². The minimum atomic E-state index is -0.917. The maximum atomic E-state index is 11.0. The molecule has 0 saturated heterocycles. The number of nitrogens with two attached hydrogens (primary N) is 1. The van der Waals surface area contributed by atoms with Crippen LogP contribution in [0.25, 0.3) is 11.5 Å². The van der Waals surface area contributed by atoms with Crippen LogP contribution in [-0.2, 0) is 0 Å². The highest BCUT2D eigenvalue weighted by atomic mass is 16.8. The second kappa shape index (κ2) is 2.90. The molecule has 2 heterocycles. The monoisotopic (exact) mass is 214 g/mol. The molecule has 11 heteroatoms. The highest BCUT2D eigenvalue weighted by Crippen LogP contribution is 2.21. The number of aromatic nitrogens is 4. The van der Waals surface area contributed by atoms with E-state index >= 15 is 0 Å². The Hall–Kier alpha value is -2.72. The largest absolute Gasteiger partial charge is 0.444 e. The zero-order valence-electron chi connectivity index (χ0n) is 6.85. The third kappa shape index (κ3) is 1.31. The fourth-order valence-electron chi connectivity index (χ4n) is 0.874. The van der Waals surface area contributed by atoms with Crippen LogP contribution in [0, 0.1) is 15.3 Å². The Morgan fingerprint density at radius 1 is 1.47 bits per heavy atom. The van der Waals surface area contributed by atoms with Crippen molar-refractivity contribution in [2.24, 2.45) is 0 Å². The van der Waals surface area contributed by atoms with Crippen molar-refractivity contribution in [1.29, 1.82) is 0 Å². The quantitative estimate of drug-likeness (QED) is 0.369. The van der Waals surface area contributed by atoms with Crippen molar-refractivity contribution >= 4 is 11.8 Å². The van der Waals surface area contributed by atoms with E-state index < -0.39 is 16.4 Å². The molecule has 0 atom stereocenters. The number of nitro groups is 1. The van der Waals surface area contributed by atoms with E-state index in [-0.39, 0.29) is 16.7 Å². The summed E-state index contributed by atoms with van der Waals surface area (Å²) in [6.45, 7) is 0. The summed E-state index contributed by atoms with van der Waals surface area (Å²) in [5, 5.41) is 27.5. The van der Waals surface area contributed by atoms with Gasteiger partial charge >= 0.3 is 17.5 Å². The summed E-state index contributed by atoms with van der Waals surface area (Å²) < 4.78 is 8.38. The average Bonchev–Trinajstić information content (AvgIpc) is 2.71. The maximum absolute atomic E-state index is 11.0. The zero-order chi connectivity index (χ0) is 11.0. The molecule has 2 N–H and O–H groups in total. The fraction of sp³-hybridized carbons (Fsp3) is 0. The number of anilines is 1. The van der Waals surface area contributed by atoms with Crippen molar-refractivity contribution in [2.45, 2.75) is 0 Å². The molecule has 0 aliphatic rings. The molecular formula is C4H2N6O5. The lowest BCUT2D eigenvalue weighted by Gasteiger charge is -1.89. The Kier molecular flexibility index (Phi) is 1.71. The second-order valence-electron chi connectivity index (χ2n) is 2.32. The second-order valence-corrected chi connectivity index (χ2v) is 2.32. The highest BCUT2D eigenvalue weighted by Gasteiger charge is 2.30. The van der Waals surface area contributed by atoms with Crippen LogP contribution in [0.3, 0.4) is 0 Å². The summed E-state index contributed by atoms with van der Waals surface area (Å²) in [7, 11) is 0. The van der Waals surface area contributed by atoms with Gasteiger partial charge in [-0.05, 0) is 9.83 Å². The molecule has 0 bridgehead atoms. The van der Waals surface area contributed by atoms with Gasteiger partial charge in [-0.2, -0.15) is 4.98 Å². The van der Waals surface area contributed by atoms with Crippen LogP contribution in [0.2, 0.25) is 0 Å². The molecule has 0 aliphatic carbocycles. The van der Waals surface area contributed by atoms with Gasteiger partial charge in [-0.25, -0.2) is 0 Å². The number of nitrogens with zero attached hydrogens (tertiary/aromatic N) is 5. The molecule has 2 aromatic rings. The van der Waals surface area contributed by atoms with Crippen LogP contribution in [0.15, 0.2) is 9.15 Å². The number of rotatable bonds is 2. The van der Waals surface area contributed by atoms with E-state index in [1.807, 2.05) is 0 Å². The molecule has 0 radical (unpaired) electrons. The van der Waals surface area contributed by atoms with Gasteiger partial charge in [-0.15, -0.1) is 0 Å². The summed E-state index contributed by atoms with van der Waals surface area (Å²) >= 11 is 0. The fourth-order valence-corrected chi connectivity index (χ4v) is 0.874. The van der Waals surface area contributed by atoms with Crippen LogP contribution in [0.1, 0.15) is 0 Å². The first-order chi connectivity index (χ1) is 7.09. The third-order valence-corrected chi connectivity index (χ3v) is 1.42. The van der Waals surface area contributed by atoms with E-state index in [4.69, 9.17) is 5.73 Å². The number of hydrogen-bond acceptors (Lipinski definition) is 9. The van der Waals surface area contributed by atoms with E-state index in [0.717, 1.165) is 0 Å². The van der Waals surface area contributed by atoms with Crippen LogP contribution >= 0.6 is 0 Å². The lowest BCUT2D eigenvalue weighted by molar-refractivity contribution is -0.793. The molecule has 0 fully saturated rings. The highest BCUT2D eigenvalue weighted by molar-refractivity contribution is 5.55. The van der Waals surface area contributed by atoms with Gasteiger partial charge in [0.05, 0.1) is 5.16 Å². The van der Waals surface area contributed by atoms with Crippen molar-refractivity contribution in [3.05, 3.63) is 15.3 Å². The molecule has 2 rings (SSSR count). The van der Waals surface area contributed by atoms with Gasteiger partial charge in [0, 0.05) is 0 Å². The summed E-state index contributed by atoms with van der Waals surface area (Å²) in [5.41, 5.74) is 4.52. The molecule has 2 aromatic heterocycles. The number of hydrogen-bond donors (Lipinski definition) is 1. The van der Waals surface area contributed by atoms with E-state index in [1.165, 1.54) is 0 Å². The topological polar surface area (TPSA) is 161 Å². The molecule has 78 valence electrons. The summed E-state index contributed by atoms with van der Waals surface area (Å²) in [6, 6.07) is -0.333. The standard InChI is InChI=1S/C4H2N6O5/c5-4-6-2(7-14-4)1-3(9(11)12)8-15-10(1)13/h(H2,5,6,7). The molecule has 0 amide bonds. The summed E-state index contributed by atoms with van der Waals surface area (Å²) in [5.74, 6) is -1.18. The average molecular weight is 214 g/mol. The zero-order valence-corrected chi connectivity index (χ0v) is 6.85. The van der Waals surface area contributed by atoms with Crippen molar-refractivity contribution in [2.75, 3.05) is 5.73 Å². The van der Waals surface area contributed by atoms with Crippen LogP contribution in [0.4, 0.5) is 11.8 Å². The SMILES string of the molecule is Nc1nc(-c2c([N+](=O)[O-])no[n+]2[O-])no1. The first-order valence-corrected chi connectivity index (χ1v) is 3.43. The minimum absolute atomic E-state index is 0.206. The maximum Gasteiger partial charge on any atom is 0.444 e. The Bertz CT molecular complexity index is 515. The lowest BCUT2D eigenvalue weighted by Crippen LogP contribution is -2.25. The van der Waals surface area contributed by atoms with Gasteiger partial charge < -0.3 is 25.6 Å². The van der Waals surface area contributed by atoms with E-state index in [2.05, 4.69) is 24.4 Å². The van der Waals surface area contributed by atoms with Gasteiger partial charge in [-0.3, -0.25) is 4.63 Å². The summed E-state index contributed by atoms with van der Waals surface area (Å²) in [6.07, 6.45) is 0. The van der Waals surface area contributed by atoms with E-state index in [0.29, 0.717) is 0 Å². The van der Waals surface area contributed by atoms with Gasteiger partial charge in [0.15, 0.2) is 0 Å². The van der Waals surface area contributed by atoms with Crippen molar-refractivity contribution < 1.29 is 19.0 Å². The smallest absolute Gasteiger partial charge is 0.359 e. The first kappa shape index (κ1) is 8.86. The van der Waals surface area contributed by atoms with Crippen LogP contribution < -0.4 is 10.6 Å². The lowest BCUT2D eigenvalue weighted by atomic mass is 10.4. The summed E-state index contributed by atoms with van der Waals surface area (Å²) in [4.78, 5) is 12.7. The van der Waals surface area contributed by atoms with Crippen molar-refractivity contribution in [3.8, 4) is 11.5 Å². The molecule has 0 spiro atoms. The van der Waals surface area contributed by atoms with Crippen LogP contribution in [-0.4, -0.2) is 20.2 Å². The predicted octanol–water partition coefficient (Wildman–Crippen LogP) is -1.15. The van der Waals surface area contributed by atoms with Gasteiger partial charge in [-0.1, -0.05) is 5.16 Å². The minimum Gasteiger partial charge on any atom is -0.359 e. The van der Waals surface area contributed by atoms with Gasteiger partial charge in [0.25, 0.3) is 5.82 Å². The molecular weight excluding hydrogens is 212 g/mol. The molecule has 0 saturated carbocycles. The Morgan fingerprint density at radius 2 is 2.20 bits per heavy atom. The van der Waals surface area contributed by atoms with E-state index in [1.54, 1.807) is 0 Å². The van der Waals surface area contributed by atoms with Crippen molar-refractivity contribution in [3.63, 3.8) is 0 Å². The molecule has 15 heavy (non-hydrogen) atoms. The van der Waals surface area contributed by atoms with Crippen molar-refractivity contribution in [1.82, 2.24) is 15.3 Å². The first-order valence-electron chi connectivity index (χ1n) is 3.43. The molecule has 0 aromatic carbocycles. The molecule has 11 nitrogen and oxygen atoms in total. The Balaban J connectivity index is 2.60. The molecule has 0 unspecified atom stereocenters. The van der Waals surface area contributed by atoms with Gasteiger partial charge in [0.2, 0.25) is 0 Å². The predicted molar refractivity (Wildman–Crippen MR) is 39.8 cm³/mol. The Morgan fingerprint density at radius 3 is 2.73 bits per heavy atom. The van der Waals surface area contributed by atoms with E-state index in [9.17, 15) is 15.3 Å².